The van der Waals surface area contributed by atoms with Gasteiger partial charge in [0.1, 0.15) is 0 Å². The van der Waals surface area contributed by atoms with Gasteiger partial charge in [-0.05, 0) is 36.2 Å². The Kier molecular flexibility index (Phi) is 7.44. The number of carbonyl (C=O) groups excluding carboxylic acids is 2. The third-order valence-electron chi connectivity index (χ3n) is 4.65. The first kappa shape index (κ1) is 23.2. The molecule has 1 amide bonds. The van der Waals surface area contributed by atoms with Crippen molar-refractivity contribution in [2.24, 2.45) is 0 Å². The van der Waals surface area contributed by atoms with E-state index in [0.29, 0.717) is 4.88 Å². The second kappa shape index (κ2) is 10.2. The Balaban J connectivity index is 1.71. The molecule has 10 nitrogen and oxygen atoms in total. The minimum Gasteiger partial charge on any atom is -0.479 e. The van der Waals surface area contributed by atoms with Crippen molar-refractivity contribution in [2.75, 3.05) is 33.4 Å². The monoisotopic (exact) mass is 462 g/mol. The number of amides is 1. The summed E-state index contributed by atoms with van der Waals surface area (Å²) in [6, 6.07) is 5.86. The van der Waals surface area contributed by atoms with Gasteiger partial charge in [0, 0.05) is 30.6 Å². The van der Waals surface area contributed by atoms with Crippen LogP contribution >= 0.6 is 11.3 Å². The van der Waals surface area contributed by atoms with Gasteiger partial charge in [-0.15, -0.1) is 11.3 Å². The summed E-state index contributed by atoms with van der Waals surface area (Å²) in [5.74, 6) is -3.21. The average Bonchev–Trinajstić information content (AvgIpc) is 3.20. The molecule has 0 atom stereocenters. The molecule has 3 rings (SSSR count). The van der Waals surface area contributed by atoms with Crippen LogP contribution in [0.4, 0.5) is 0 Å². The van der Waals surface area contributed by atoms with Gasteiger partial charge in [0.05, 0.1) is 11.4 Å². The molecular weight excluding hydrogens is 440 g/mol. The Hall–Kier alpha value is -3.44. The fraction of sp³-hybridized carbons (Fsp3) is 0.333. The fourth-order valence-electron chi connectivity index (χ4n) is 3.12. The number of aliphatic carboxylic acids is 2. The zero-order valence-electron chi connectivity index (χ0n) is 17.3. The third-order valence-corrected chi connectivity index (χ3v) is 5.87. The van der Waals surface area contributed by atoms with Crippen LogP contribution in [0, 0.1) is 0 Å². The van der Waals surface area contributed by atoms with Crippen LogP contribution in [-0.2, 0) is 22.6 Å². The molecule has 1 aromatic carbocycles. The Morgan fingerprint density at radius 2 is 1.75 bits per heavy atom. The summed E-state index contributed by atoms with van der Waals surface area (Å²) in [6.45, 7) is 0.0318. The summed E-state index contributed by atoms with van der Waals surface area (Å²) < 4.78 is 10.2. The first-order valence-electron chi connectivity index (χ1n) is 9.68. The summed E-state index contributed by atoms with van der Waals surface area (Å²) in [5, 5.41) is 20.9. The number of thiophene rings is 1. The number of Topliss-reactive ketones (excluding diaryl/α,β-unsaturated/α-hetero) is 1. The average molecular weight is 462 g/mol. The Bertz CT molecular complexity index is 1020. The van der Waals surface area contributed by atoms with E-state index >= 15 is 0 Å². The van der Waals surface area contributed by atoms with E-state index in [1.807, 2.05) is 6.07 Å². The van der Waals surface area contributed by atoms with Crippen LogP contribution in [0.25, 0.3) is 0 Å². The highest BCUT2D eigenvalue weighted by Gasteiger charge is 2.22. The molecule has 1 aromatic heterocycles. The van der Waals surface area contributed by atoms with Crippen molar-refractivity contribution >= 4 is 35.0 Å². The molecule has 0 fully saturated rings. The molecule has 32 heavy (non-hydrogen) atoms. The van der Waals surface area contributed by atoms with Crippen LogP contribution in [0.5, 0.6) is 11.5 Å². The highest BCUT2D eigenvalue weighted by Crippen LogP contribution is 2.29. The molecule has 170 valence electrons. The molecule has 0 bridgehead atoms. The first-order valence-corrected chi connectivity index (χ1v) is 10.5. The van der Waals surface area contributed by atoms with Gasteiger partial charge in [-0.1, -0.05) is 0 Å². The lowest BCUT2D eigenvalue weighted by molar-refractivity contribution is -0.140. The van der Waals surface area contributed by atoms with Crippen LogP contribution in [-0.4, -0.2) is 72.1 Å². The van der Waals surface area contributed by atoms with Gasteiger partial charge in [-0.3, -0.25) is 9.59 Å². The number of carboxylic acid groups (broad SMARTS) is 2. The van der Waals surface area contributed by atoms with Gasteiger partial charge in [0.15, 0.2) is 30.5 Å². The molecular formula is C21H22N2O8S. The van der Waals surface area contributed by atoms with Crippen molar-refractivity contribution in [3.8, 4) is 11.5 Å². The SMILES string of the molecule is CN(CC(=O)c1ccc(OCC(=O)O)c(OCC(=O)O)c1)C(=O)c1cc2c(s1)CCNC2. The van der Waals surface area contributed by atoms with Crippen molar-refractivity contribution in [1.29, 1.82) is 0 Å². The molecule has 0 saturated heterocycles. The number of likely N-dealkylation sites (N-methyl/N-ethyl adjacent to an activating group) is 1. The molecule has 2 aromatic rings. The largest absolute Gasteiger partial charge is 0.479 e. The summed E-state index contributed by atoms with van der Waals surface area (Å²) in [5.41, 5.74) is 1.27. The fourth-order valence-corrected chi connectivity index (χ4v) is 4.29. The topological polar surface area (TPSA) is 142 Å². The summed E-state index contributed by atoms with van der Waals surface area (Å²) >= 11 is 1.43. The predicted octanol–water partition coefficient (Wildman–Crippen LogP) is 1.28. The van der Waals surface area contributed by atoms with E-state index in [1.165, 1.54) is 46.4 Å². The minimum atomic E-state index is -1.25. The quantitative estimate of drug-likeness (QED) is 0.445. The number of nitrogens with zero attached hydrogens (tertiary/aromatic N) is 1. The van der Waals surface area contributed by atoms with E-state index in [2.05, 4.69) is 5.32 Å². The molecule has 0 radical (unpaired) electrons. The maximum Gasteiger partial charge on any atom is 0.341 e. The van der Waals surface area contributed by atoms with Gasteiger partial charge >= 0.3 is 11.9 Å². The highest BCUT2D eigenvalue weighted by molar-refractivity contribution is 7.14. The van der Waals surface area contributed by atoms with E-state index in [4.69, 9.17) is 19.7 Å². The van der Waals surface area contributed by atoms with Gasteiger partial charge < -0.3 is 29.9 Å². The number of ether oxygens (including phenoxy) is 2. The van der Waals surface area contributed by atoms with Crippen molar-refractivity contribution in [3.05, 3.63) is 45.1 Å². The number of rotatable bonds is 10. The molecule has 0 spiro atoms. The van der Waals surface area contributed by atoms with E-state index in [-0.39, 0.29) is 29.5 Å². The Labute approximate surface area is 187 Å². The van der Waals surface area contributed by atoms with E-state index in [9.17, 15) is 19.2 Å². The smallest absolute Gasteiger partial charge is 0.341 e. The molecule has 11 heteroatoms. The third kappa shape index (κ3) is 5.83. The number of benzene rings is 1. The van der Waals surface area contributed by atoms with Gasteiger partial charge in [-0.25, -0.2) is 9.59 Å². The maximum absolute atomic E-state index is 12.8. The molecule has 3 N–H and O–H groups in total. The molecule has 0 aliphatic carbocycles. The van der Waals surface area contributed by atoms with E-state index in [0.717, 1.165) is 25.1 Å². The number of carbonyl (C=O) groups is 4. The van der Waals surface area contributed by atoms with Gasteiger partial charge in [0.2, 0.25) is 0 Å². The first-order chi connectivity index (χ1) is 15.2. The molecule has 0 saturated carbocycles. The van der Waals surface area contributed by atoms with Gasteiger partial charge in [0.25, 0.3) is 5.91 Å². The molecule has 2 heterocycles. The van der Waals surface area contributed by atoms with Crippen LogP contribution in [0.1, 0.15) is 30.5 Å². The van der Waals surface area contributed by atoms with Crippen LogP contribution in [0.15, 0.2) is 24.3 Å². The number of nitrogens with one attached hydrogen (secondary N) is 1. The normalized spacial score (nSPS) is 12.5. The van der Waals surface area contributed by atoms with Crippen LogP contribution in [0.2, 0.25) is 0 Å². The Morgan fingerprint density at radius 1 is 1.06 bits per heavy atom. The zero-order chi connectivity index (χ0) is 23.3. The second-order valence-electron chi connectivity index (χ2n) is 7.10. The summed E-state index contributed by atoms with van der Waals surface area (Å²) in [7, 11) is 1.53. The van der Waals surface area contributed by atoms with Crippen molar-refractivity contribution in [1.82, 2.24) is 10.2 Å². The highest BCUT2D eigenvalue weighted by atomic mass is 32.1. The lowest BCUT2D eigenvalue weighted by Crippen LogP contribution is -2.31. The number of hydrogen-bond donors (Lipinski definition) is 3. The Morgan fingerprint density at radius 3 is 2.41 bits per heavy atom. The number of ketones is 1. The van der Waals surface area contributed by atoms with E-state index in [1.54, 1.807) is 0 Å². The van der Waals surface area contributed by atoms with Crippen LogP contribution < -0.4 is 14.8 Å². The summed E-state index contributed by atoms with van der Waals surface area (Å²) in [6.07, 6.45) is 0.866. The second-order valence-corrected chi connectivity index (χ2v) is 8.23. The van der Waals surface area contributed by atoms with Crippen molar-refractivity contribution < 1.29 is 38.9 Å². The predicted molar refractivity (Wildman–Crippen MR) is 114 cm³/mol. The standard InChI is InChI=1S/C21H22N2O8S/c1-23(21(29)18-7-13-8-22-5-4-17(13)32-18)9-14(24)12-2-3-15(30-10-19(25)26)16(6-12)31-11-20(27)28/h2-3,6-7,22H,4-5,8-11H2,1H3,(H,25,26)(H,27,28). The minimum absolute atomic E-state index is 0.00703. The van der Waals surface area contributed by atoms with Crippen molar-refractivity contribution in [3.63, 3.8) is 0 Å². The maximum atomic E-state index is 12.8. The van der Waals surface area contributed by atoms with E-state index < -0.39 is 30.9 Å². The molecule has 1 aliphatic heterocycles. The molecule has 0 unspecified atom stereocenters. The molecule has 1 aliphatic rings. The van der Waals surface area contributed by atoms with Crippen molar-refractivity contribution in [2.45, 2.75) is 13.0 Å². The number of hydrogen-bond acceptors (Lipinski definition) is 8. The van der Waals surface area contributed by atoms with Crippen LogP contribution in [0.3, 0.4) is 0 Å². The lowest BCUT2D eigenvalue weighted by atomic mass is 10.1. The number of fused-ring (bicyclic) bond motifs is 1. The lowest BCUT2D eigenvalue weighted by Gasteiger charge is -2.16. The summed E-state index contributed by atoms with van der Waals surface area (Å²) in [4.78, 5) is 50.1. The van der Waals surface area contributed by atoms with Gasteiger partial charge in [-0.2, -0.15) is 0 Å². The zero-order valence-corrected chi connectivity index (χ0v) is 18.1. The number of carboxylic acids is 2.